The van der Waals surface area contributed by atoms with E-state index >= 15 is 0 Å². The normalized spacial score (nSPS) is 11.6. The summed E-state index contributed by atoms with van der Waals surface area (Å²) in [6.45, 7) is 0. The fraction of sp³-hybridized carbons (Fsp3) is 0.364. The molecule has 1 nitrogen and oxygen atoms in total. The number of carbonyl (C=O) groups excluding carboxylic acids is 1. The molecule has 0 aliphatic heterocycles. The van der Waals surface area contributed by atoms with Crippen LogP contribution >= 0.6 is 23.2 Å². The molecule has 1 rings (SSSR count). The van der Waals surface area contributed by atoms with Gasteiger partial charge in [-0.05, 0) is 24.6 Å². The lowest BCUT2D eigenvalue weighted by Gasteiger charge is -2.06. The average molecular weight is 285 g/mol. The molecule has 0 N–H and O–H groups in total. The van der Waals surface area contributed by atoms with E-state index in [2.05, 4.69) is 0 Å². The third-order valence-electron chi connectivity index (χ3n) is 2.09. The molecule has 94 valence electrons. The van der Waals surface area contributed by atoms with Crippen LogP contribution in [0.5, 0.6) is 0 Å². The lowest BCUT2D eigenvalue weighted by atomic mass is 10.1. The van der Waals surface area contributed by atoms with Crippen LogP contribution in [-0.2, 0) is 0 Å². The van der Waals surface area contributed by atoms with Gasteiger partial charge in [-0.1, -0.05) is 23.2 Å². The van der Waals surface area contributed by atoms with Gasteiger partial charge in [0, 0.05) is 23.4 Å². The third-order valence-corrected chi connectivity index (χ3v) is 2.66. The molecule has 0 aliphatic rings. The minimum Gasteiger partial charge on any atom is -0.294 e. The van der Waals surface area contributed by atoms with Gasteiger partial charge >= 0.3 is 6.18 Å². The first-order chi connectivity index (χ1) is 7.79. The first-order valence-electron chi connectivity index (χ1n) is 4.84. The van der Waals surface area contributed by atoms with E-state index in [4.69, 9.17) is 23.2 Å². The van der Waals surface area contributed by atoms with Crippen LogP contribution in [-0.4, -0.2) is 12.0 Å². The average Bonchev–Trinajstić information content (AvgIpc) is 2.19. The molecule has 0 unspecified atom stereocenters. The van der Waals surface area contributed by atoms with E-state index in [0.717, 1.165) is 0 Å². The highest BCUT2D eigenvalue weighted by Gasteiger charge is 2.26. The molecule has 1 aromatic rings. The molecule has 0 heterocycles. The Morgan fingerprint density at radius 2 is 1.88 bits per heavy atom. The van der Waals surface area contributed by atoms with Crippen molar-refractivity contribution in [1.29, 1.82) is 0 Å². The van der Waals surface area contributed by atoms with Crippen LogP contribution in [0.4, 0.5) is 13.2 Å². The standard InChI is InChI=1S/C11H9Cl2F3O/c12-7-3-4-9(13)8(6-7)10(17)2-1-5-11(14,15)16/h3-4,6H,1-2,5H2. The molecule has 0 saturated carbocycles. The maximum atomic E-state index is 11.9. The third kappa shape index (κ3) is 4.96. The van der Waals surface area contributed by atoms with Gasteiger partial charge in [-0.3, -0.25) is 4.79 Å². The Morgan fingerprint density at radius 3 is 2.47 bits per heavy atom. The Bertz CT molecular complexity index is 416. The highest BCUT2D eigenvalue weighted by molar-refractivity contribution is 6.35. The molecule has 0 spiro atoms. The van der Waals surface area contributed by atoms with Gasteiger partial charge in [-0.15, -0.1) is 0 Å². The van der Waals surface area contributed by atoms with E-state index in [1.54, 1.807) is 0 Å². The summed E-state index contributed by atoms with van der Waals surface area (Å²) in [5, 5.41) is 0.528. The van der Waals surface area contributed by atoms with Crippen LogP contribution in [0.3, 0.4) is 0 Å². The van der Waals surface area contributed by atoms with Crippen molar-refractivity contribution in [3.8, 4) is 0 Å². The van der Waals surface area contributed by atoms with Crippen molar-refractivity contribution in [2.75, 3.05) is 0 Å². The Kier molecular flexibility index (Phi) is 4.83. The Balaban J connectivity index is 2.61. The number of benzene rings is 1. The summed E-state index contributed by atoms with van der Waals surface area (Å²) < 4.78 is 35.7. The van der Waals surface area contributed by atoms with Crippen LogP contribution in [0.15, 0.2) is 18.2 Å². The second kappa shape index (κ2) is 5.74. The number of rotatable bonds is 4. The van der Waals surface area contributed by atoms with E-state index in [1.807, 2.05) is 0 Å². The van der Waals surface area contributed by atoms with Gasteiger partial charge < -0.3 is 0 Å². The summed E-state index contributed by atoms with van der Waals surface area (Å²) in [6, 6.07) is 4.32. The monoisotopic (exact) mass is 284 g/mol. The van der Waals surface area contributed by atoms with Crippen molar-refractivity contribution in [3.05, 3.63) is 33.8 Å². The van der Waals surface area contributed by atoms with Crippen molar-refractivity contribution in [1.82, 2.24) is 0 Å². The van der Waals surface area contributed by atoms with E-state index in [9.17, 15) is 18.0 Å². The molecule has 1 aromatic carbocycles. The SMILES string of the molecule is O=C(CCCC(F)(F)F)c1cc(Cl)ccc1Cl. The number of hydrogen-bond donors (Lipinski definition) is 0. The molecule has 0 aromatic heterocycles. The zero-order valence-corrected chi connectivity index (χ0v) is 10.2. The van der Waals surface area contributed by atoms with E-state index in [0.29, 0.717) is 5.02 Å². The maximum Gasteiger partial charge on any atom is 0.389 e. The van der Waals surface area contributed by atoms with Crippen LogP contribution in [0.25, 0.3) is 0 Å². The fourth-order valence-corrected chi connectivity index (χ4v) is 1.69. The molecule has 0 saturated heterocycles. The molecule has 17 heavy (non-hydrogen) atoms. The predicted octanol–water partition coefficient (Wildman–Crippen LogP) is 4.91. The number of halogens is 5. The number of hydrogen-bond acceptors (Lipinski definition) is 1. The van der Waals surface area contributed by atoms with E-state index < -0.39 is 18.4 Å². The first kappa shape index (κ1) is 14.3. The second-order valence-electron chi connectivity index (χ2n) is 3.52. The predicted molar refractivity (Wildman–Crippen MR) is 60.7 cm³/mol. The summed E-state index contributed by atoms with van der Waals surface area (Å²) >= 11 is 11.4. The van der Waals surface area contributed by atoms with Crippen molar-refractivity contribution in [2.45, 2.75) is 25.4 Å². The van der Waals surface area contributed by atoms with E-state index in [1.165, 1.54) is 18.2 Å². The van der Waals surface area contributed by atoms with Gasteiger partial charge in [0.15, 0.2) is 5.78 Å². The van der Waals surface area contributed by atoms with Crippen LogP contribution in [0, 0.1) is 0 Å². The van der Waals surface area contributed by atoms with Gasteiger partial charge in [0.25, 0.3) is 0 Å². The lowest BCUT2D eigenvalue weighted by molar-refractivity contribution is -0.135. The van der Waals surface area contributed by atoms with Gasteiger partial charge in [0.2, 0.25) is 0 Å². The number of carbonyl (C=O) groups is 1. The lowest BCUT2D eigenvalue weighted by Crippen LogP contribution is -2.08. The minimum atomic E-state index is -4.24. The zero-order valence-electron chi connectivity index (χ0n) is 8.65. The number of ketones is 1. The Labute approximate surface area is 107 Å². The van der Waals surface area contributed by atoms with Crippen molar-refractivity contribution in [2.24, 2.45) is 0 Å². The Morgan fingerprint density at radius 1 is 1.24 bits per heavy atom. The quantitative estimate of drug-likeness (QED) is 0.718. The van der Waals surface area contributed by atoms with E-state index in [-0.39, 0.29) is 23.4 Å². The molecule has 0 atom stereocenters. The molecule has 0 amide bonds. The summed E-state index contributed by atoms with van der Waals surface area (Å²) in [6.07, 6.45) is -5.65. The molecule has 6 heteroatoms. The molecule has 0 fully saturated rings. The molecular formula is C11H9Cl2F3O. The van der Waals surface area contributed by atoms with Gasteiger partial charge in [-0.2, -0.15) is 13.2 Å². The maximum absolute atomic E-state index is 11.9. The van der Waals surface area contributed by atoms with Gasteiger partial charge in [0.1, 0.15) is 0 Å². The topological polar surface area (TPSA) is 17.1 Å². The summed E-state index contributed by atoms with van der Waals surface area (Å²) in [4.78, 5) is 11.6. The van der Waals surface area contributed by atoms with Crippen LogP contribution < -0.4 is 0 Å². The minimum absolute atomic E-state index is 0.168. The molecule has 0 radical (unpaired) electrons. The highest BCUT2D eigenvalue weighted by atomic mass is 35.5. The van der Waals surface area contributed by atoms with Crippen molar-refractivity contribution >= 4 is 29.0 Å². The van der Waals surface area contributed by atoms with Gasteiger partial charge in [0.05, 0.1) is 5.02 Å². The smallest absolute Gasteiger partial charge is 0.294 e. The largest absolute Gasteiger partial charge is 0.389 e. The number of alkyl halides is 3. The van der Waals surface area contributed by atoms with Crippen LogP contribution in [0.2, 0.25) is 10.0 Å². The summed E-state index contributed by atoms with van der Waals surface area (Å²) in [5.74, 6) is -0.429. The number of Topliss-reactive ketones (excluding diaryl/α,β-unsaturated/α-hetero) is 1. The van der Waals surface area contributed by atoms with Gasteiger partial charge in [-0.25, -0.2) is 0 Å². The summed E-state index contributed by atoms with van der Waals surface area (Å²) in [5.41, 5.74) is 0.168. The highest BCUT2D eigenvalue weighted by Crippen LogP contribution is 2.25. The van der Waals surface area contributed by atoms with Crippen molar-refractivity contribution in [3.63, 3.8) is 0 Å². The molecular weight excluding hydrogens is 276 g/mol. The first-order valence-corrected chi connectivity index (χ1v) is 5.60. The molecule has 0 aliphatic carbocycles. The molecule has 0 bridgehead atoms. The fourth-order valence-electron chi connectivity index (χ4n) is 1.30. The van der Waals surface area contributed by atoms with Crippen LogP contribution in [0.1, 0.15) is 29.6 Å². The Hall–Kier alpha value is -0.740. The summed E-state index contributed by atoms with van der Waals surface area (Å²) in [7, 11) is 0. The second-order valence-corrected chi connectivity index (χ2v) is 4.36. The zero-order chi connectivity index (χ0) is 13.1. The van der Waals surface area contributed by atoms with Crippen molar-refractivity contribution < 1.29 is 18.0 Å².